The Kier molecular flexibility index (Phi) is 5.16. The highest BCUT2D eigenvalue weighted by Gasteiger charge is 2.20. The molecule has 19 heavy (non-hydrogen) atoms. The van der Waals surface area contributed by atoms with Crippen molar-refractivity contribution in [2.24, 2.45) is 5.92 Å². The Morgan fingerprint density at radius 2 is 2.21 bits per heavy atom. The maximum Gasteiger partial charge on any atom is 0.135 e. The zero-order chi connectivity index (χ0) is 13.7. The molecule has 4 heteroatoms. The Bertz CT molecular complexity index is 417. The number of halogens is 1. The molecule has 1 aromatic carbocycles. The van der Waals surface area contributed by atoms with E-state index in [1.807, 2.05) is 6.07 Å². The van der Waals surface area contributed by atoms with Gasteiger partial charge in [-0.3, -0.25) is 0 Å². The van der Waals surface area contributed by atoms with Gasteiger partial charge in [-0.05, 0) is 44.3 Å². The van der Waals surface area contributed by atoms with E-state index < -0.39 is 0 Å². The van der Waals surface area contributed by atoms with Gasteiger partial charge in [0.05, 0.1) is 13.7 Å². The van der Waals surface area contributed by atoms with Crippen molar-refractivity contribution in [3.8, 4) is 5.75 Å². The average Bonchev–Trinajstić information content (AvgIpc) is 2.45. The van der Waals surface area contributed by atoms with Crippen LogP contribution >= 0.6 is 0 Å². The third-order valence-corrected chi connectivity index (χ3v) is 3.69. The number of piperidine rings is 1. The zero-order valence-electron chi connectivity index (χ0n) is 11.7. The molecular weight excluding hydrogens is 245 g/mol. The third-order valence-electron chi connectivity index (χ3n) is 3.69. The summed E-state index contributed by atoms with van der Waals surface area (Å²) in [6.45, 7) is 2.32. The summed E-state index contributed by atoms with van der Waals surface area (Å²) in [7, 11) is 3.17. The average molecular weight is 267 g/mol. The van der Waals surface area contributed by atoms with Crippen LogP contribution in [0, 0.1) is 11.7 Å². The monoisotopic (exact) mass is 267 g/mol. The number of benzene rings is 1. The van der Waals surface area contributed by atoms with Gasteiger partial charge in [0.2, 0.25) is 0 Å². The molecule has 0 spiro atoms. The molecule has 0 aliphatic carbocycles. The van der Waals surface area contributed by atoms with Crippen molar-refractivity contribution in [2.45, 2.75) is 25.9 Å². The first-order chi connectivity index (χ1) is 9.26. The van der Waals surface area contributed by atoms with E-state index in [1.54, 1.807) is 20.3 Å². The van der Waals surface area contributed by atoms with Crippen LogP contribution in [-0.4, -0.2) is 27.3 Å². The fourth-order valence-electron chi connectivity index (χ4n) is 2.69. The molecule has 106 valence electrons. The van der Waals surface area contributed by atoms with Crippen molar-refractivity contribution >= 4 is 0 Å². The fourth-order valence-corrected chi connectivity index (χ4v) is 2.69. The predicted molar refractivity (Wildman–Crippen MR) is 73.0 cm³/mol. The van der Waals surface area contributed by atoms with Gasteiger partial charge in [-0.25, -0.2) is 4.39 Å². The first-order valence-corrected chi connectivity index (χ1v) is 6.80. The molecule has 1 saturated heterocycles. The van der Waals surface area contributed by atoms with Crippen LogP contribution in [0.4, 0.5) is 4.39 Å². The molecule has 1 fully saturated rings. The van der Waals surface area contributed by atoms with E-state index in [1.165, 1.54) is 0 Å². The van der Waals surface area contributed by atoms with Crippen molar-refractivity contribution in [3.63, 3.8) is 0 Å². The van der Waals surface area contributed by atoms with Crippen molar-refractivity contribution < 1.29 is 13.9 Å². The predicted octanol–water partition coefficient (Wildman–Crippen LogP) is 2.52. The largest absolute Gasteiger partial charge is 0.496 e. The molecule has 1 unspecified atom stereocenters. The van der Waals surface area contributed by atoms with Gasteiger partial charge in [0.25, 0.3) is 0 Å². The maximum atomic E-state index is 14.5. The highest BCUT2D eigenvalue weighted by Crippen LogP contribution is 2.29. The van der Waals surface area contributed by atoms with Crippen LogP contribution in [0.3, 0.4) is 0 Å². The summed E-state index contributed by atoms with van der Waals surface area (Å²) in [6.07, 6.45) is 3.02. The summed E-state index contributed by atoms with van der Waals surface area (Å²) in [5.74, 6) is 0.949. The van der Waals surface area contributed by atoms with Gasteiger partial charge in [0.1, 0.15) is 11.6 Å². The Hall–Kier alpha value is -1.13. The standard InChI is InChI=1S/C15H22FNO2/c1-18-10-12-5-6-14(19-2)13(15(12)16)8-11-4-3-7-17-9-11/h5-6,11,17H,3-4,7-10H2,1-2H3. The van der Waals surface area contributed by atoms with Crippen LogP contribution in [0.5, 0.6) is 5.75 Å². The first-order valence-electron chi connectivity index (χ1n) is 6.80. The van der Waals surface area contributed by atoms with Crippen LogP contribution in [0.25, 0.3) is 0 Å². The van der Waals surface area contributed by atoms with E-state index in [4.69, 9.17) is 9.47 Å². The molecule has 0 aromatic heterocycles. The second-order valence-corrected chi connectivity index (χ2v) is 5.07. The Morgan fingerprint density at radius 3 is 2.84 bits per heavy atom. The molecule has 1 aromatic rings. The lowest BCUT2D eigenvalue weighted by Crippen LogP contribution is -2.31. The number of rotatable bonds is 5. The summed E-state index contributed by atoms with van der Waals surface area (Å²) in [6, 6.07) is 3.57. The molecule has 0 radical (unpaired) electrons. The number of methoxy groups -OCH3 is 2. The number of nitrogens with one attached hydrogen (secondary N) is 1. The highest BCUT2D eigenvalue weighted by atomic mass is 19.1. The van der Waals surface area contributed by atoms with Gasteiger partial charge in [-0.1, -0.05) is 6.07 Å². The van der Waals surface area contributed by atoms with Gasteiger partial charge >= 0.3 is 0 Å². The molecule has 0 saturated carbocycles. The van der Waals surface area contributed by atoms with E-state index in [-0.39, 0.29) is 5.82 Å². The van der Waals surface area contributed by atoms with Crippen LogP contribution in [0.2, 0.25) is 0 Å². The Labute approximate surface area is 114 Å². The van der Waals surface area contributed by atoms with Gasteiger partial charge in [0, 0.05) is 18.2 Å². The topological polar surface area (TPSA) is 30.5 Å². The number of hydrogen-bond donors (Lipinski definition) is 1. The third kappa shape index (κ3) is 3.45. The SMILES string of the molecule is COCc1ccc(OC)c(CC2CCCNC2)c1F. The van der Waals surface area contributed by atoms with Crippen LogP contribution < -0.4 is 10.1 Å². The minimum atomic E-state index is -0.174. The second-order valence-electron chi connectivity index (χ2n) is 5.07. The molecule has 0 amide bonds. The fraction of sp³-hybridized carbons (Fsp3) is 0.600. The van der Waals surface area contributed by atoms with E-state index in [2.05, 4.69) is 5.32 Å². The van der Waals surface area contributed by atoms with E-state index in [0.29, 0.717) is 29.4 Å². The van der Waals surface area contributed by atoms with E-state index in [0.717, 1.165) is 32.4 Å². The lowest BCUT2D eigenvalue weighted by atomic mass is 9.91. The summed E-state index contributed by atoms with van der Waals surface area (Å²) >= 11 is 0. The summed E-state index contributed by atoms with van der Waals surface area (Å²) < 4.78 is 24.8. The quantitative estimate of drug-likeness (QED) is 0.889. The van der Waals surface area contributed by atoms with Gasteiger partial charge < -0.3 is 14.8 Å². The second kappa shape index (κ2) is 6.87. The van der Waals surface area contributed by atoms with Crippen molar-refractivity contribution in [1.29, 1.82) is 0 Å². The Morgan fingerprint density at radius 1 is 1.37 bits per heavy atom. The Balaban J connectivity index is 2.22. The van der Waals surface area contributed by atoms with Crippen molar-refractivity contribution in [3.05, 3.63) is 29.1 Å². The van der Waals surface area contributed by atoms with Gasteiger partial charge in [-0.2, -0.15) is 0 Å². The van der Waals surface area contributed by atoms with Crippen LogP contribution in [-0.2, 0) is 17.8 Å². The molecule has 1 atom stereocenters. The van der Waals surface area contributed by atoms with Crippen molar-refractivity contribution in [1.82, 2.24) is 5.32 Å². The molecule has 1 heterocycles. The maximum absolute atomic E-state index is 14.5. The van der Waals surface area contributed by atoms with Crippen molar-refractivity contribution in [2.75, 3.05) is 27.3 Å². The lowest BCUT2D eigenvalue weighted by Gasteiger charge is -2.24. The molecule has 2 rings (SSSR count). The summed E-state index contributed by atoms with van der Waals surface area (Å²) in [5, 5.41) is 3.36. The van der Waals surface area contributed by atoms with Gasteiger partial charge in [-0.15, -0.1) is 0 Å². The van der Waals surface area contributed by atoms with E-state index in [9.17, 15) is 4.39 Å². The molecular formula is C15H22FNO2. The highest BCUT2D eigenvalue weighted by molar-refractivity contribution is 5.39. The minimum Gasteiger partial charge on any atom is -0.496 e. The smallest absolute Gasteiger partial charge is 0.135 e. The normalized spacial score (nSPS) is 19.4. The lowest BCUT2D eigenvalue weighted by molar-refractivity contribution is 0.181. The minimum absolute atomic E-state index is 0.174. The molecule has 0 bridgehead atoms. The molecule has 3 nitrogen and oxygen atoms in total. The number of ether oxygens (including phenoxy) is 2. The first kappa shape index (κ1) is 14.3. The molecule has 1 N–H and O–H groups in total. The molecule has 1 aliphatic rings. The van der Waals surface area contributed by atoms with E-state index >= 15 is 0 Å². The van der Waals surface area contributed by atoms with Gasteiger partial charge in [0.15, 0.2) is 0 Å². The summed E-state index contributed by atoms with van der Waals surface area (Å²) in [5.41, 5.74) is 1.29. The van der Waals surface area contributed by atoms with Crippen LogP contribution in [0.1, 0.15) is 24.0 Å². The number of hydrogen-bond acceptors (Lipinski definition) is 3. The zero-order valence-corrected chi connectivity index (χ0v) is 11.7. The van der Waals surface area contributed by atoms with Crippen LogP contribution in [0.15, 0.2) is 12.1 Å². The summed E-state index contributed by atoms with van der Waals surface area (Å²) in [4.78, 5) is 0. The molecule has 1 aliphatic heterocycles.